The van der Waals surface area contributed by atoms with E-state index in [0.29, 0.717) is 12.8 Å². The quantitative estimate of drug-likeness (QED) is 0.495. The molecule has 1 saturated heterocycles. The van der Waals surface area contributed by atoms with Crippen molar-refractivity contribution in [1.29, 1.82) is 0 Å². The molecule has 1 aliphatic heterocycles. The van der Waals surface area contributed by atoms with Gasteiger partial charge in [-0.3, -0.25) is 8.37 Å². The average Bonchev–Trinajstić information content (AvgIpc) is 2.71. The fourth-order valence-electron chi connectivity index (χ4n) is 1.96. The number of hydrogen-bond donors (Lipinski definition) is 0. The monoisotopic (exact) mass is 314 g/mol. The van der Waals surface area contributed by atoms with E-state index < -0.39 is 44.0 Å². The first-order valence-electron chi connectivity index (χ1n) is 5.76. The number of carbonyl (C=O) groups is 1. The van der Waals surface area contributed by atoms with Gasteiger partial charge >= 0.3 is 5.97 Å². The normalized spacial score (nSPS) is 30.6. The molecule has 2 rings (SSSR count). The van der Waals surface area contributed by atoms with Crippen LogP contribution in [0.25, 0.3) is 0 Å². The summed E-state index contributed by atoms with van der Waals surface area (Å²) in [5, 5.41) is -1.30. The van der Waals surface area contributed by atoms with Crippen molar-refractivity contribution < 1.29 is 34.7 Å². The SMILES string of the molecule is O=C(OC1CCCC1)C1COS(=O)(=O)CS(=O)(=O)O1. The van der Waals surface area contributed by atoms with Crippen LogP contribution in [0.3, 0.4) is 0 Å². The summed E-state index contributed by atoms with van der Waals surface area (Å²) in [5.41, 5.74) is 0. The van der Waals surface area contributed by atoms with E-state index in [4.69, 9.17) is 4.74 Å². The molecule has 0 aromatic rings. The summed E-state index contributed by atoms with van der Waals surface area (Å²) >= 11 is 0. The van der Waals surface area contributed by atoms with Crippen molar-refractivity contribution >= 4 is 26.2 Å². The Morgan fingerprint density at radius 1 is 1.05 bits per heavy atom. The van der Waals surface area contributed by atoms with Crippen molar-refractivity contribution in [2.24, 2.45) is 0 Å². The summed E-state index contributed by atoms with van der Waals surface area (Å²) < 4.78 is 59.0. The summed E-state index contributed by atoms with van der Waals surface area (Å²) in [5.74, 6) is -0.910. The summed E-state index contributed by atoms with van der Waals surface area (Å²) in [6.45, 7) is -0.687. The van der Waals surface area contributed by atoms with Crippen LogP contribution in [0.4, 0.5) is 0 Å². The zero-order chi connectivity index (χ0) is 14.1. The molecule has 0 aromatic carbocycles. The minimum atomic E-state index is -4.37. The topological polar surface area (TPSA) is 113 Å². The molecular weight excluding hydrogens is 300 g/mol. The van der Waals surface area contributed by atoms with Crippen LogP contribution in [0.15, 0.2) is 0 Å². The molecule has 0 N–H and O–H groups in total. The van der Waals surface area contributed by atoms with Gasteiger partial charge in [-0.15, -0.1) is 0 Å². The van der Waals surface area contributed by atoms with Gasteiger partial charge < -0.3 is 4.74 Å². The lowest BCUT2D eigenvalue weighted by atomic mass is 10.3. The molecule has 0 amide bonds. The Balaban J connectivity index is 2.05. The summed E-state index contributed by atoms with van der Waals surface area (Å²) in [4.78, 5) is 11.7. The predicted octanol–water partition coefficient (Wildman–Crippen LogP) is -0.495. The van der Waals surface area contributed by atoms with E-state index in [-0.39, 0.29) is 6.10 Å². The molecule has 1 aliphatic carbocycles. The molecule has 19 heavy (non-hydrogen) atoms. The molecule has 1 saturated carbocycles. The summed E-state index contributed by atoms with van der Waals surface area (Å²) in [6, 6.07) is 0. The van der Waals surface area contributed by atoms with Gasteiger partial charge in [0.15, 0.2) is 6.10 Å². The first kappa shape index (κ1) is 14.7. The Kier molecular flexibility index (Phi) is 4.14. The lowest BCUT2D eigenvalue weighted by Crippen LogP contribution is -2.33. The molecule has 2 aliphatic rings. The highest BCUT2D eigenvalue weighted by Gasteiger charge is 2.38. The minimum Gasteiger partial charge on any atom is -0.460 e. The highest BCUT2D eigenvalue weighted by molar-refractivity contribution is 8.03. The van der Waals surface area contributed by atoms with Gasteiger partial charge in [-0.05, 0) is 25.7 Å². The lowest BCUT2D eigenvalue weighted by Gasteiger charge is -2.16. The van der Waals surface area contributed by atoms with E-state index in [1.165, 1.54) is 0 Å². The summed E-state index contributed by atoms with van der Waals surface area (Å²) in [7, 11) is -8.61. The Bertz CT molecular complexity index is 543. The van der Waals surface area contributed by atoms with Gasteiger partial charge in [-0.25, -0.2) is 4.79 Å². The Morgan fingerprint density at radius 2 is 1.68 bits per heavy atom. The number of esters is 1. The number of ether oxygens (including phenoxy) is 1. The van der Waals surface area contributed by atoms with Crippen LogP contribution < -0.4 is 0 Å². The molecular formula is C9H14O8S2. The van der Waals surface area contributed by atoms with Crippen LogP contribution >= 0.6 is 0 Å². The molecule has 1 unspecified atom stereocenters. The van der Waals surface area contributed by atoms with Crippen molar-refractivity contribution in [1.82, 2.24) is 0 Å². The number of rotatable bonds is 2. The van der Waals surface area contributed by atoms with Crippen LogP contribution in [0.2, 0.25) is 0 Å². The molecule has 110 valence electrons. The predicted molar refractivity (Wildman–Crippen MR) is 61.9 cm³/mol. The van der Waals surface area contributed by atoms with Gasteiger partial charge in [0.2, 0.25) is 5.08 Å². The molecule has 0 spiro atoms. The average molecular weight is 314 g/mol. The summed E-state index contributed by atoms with van der Waals surface area (Å²) in [6.07, 6.45) is 1.47. The van der Waals surface area contributed by atoms with E-state index in [0.717, 1.165) is 12.8 Å². The van der Waals surface area contributed by atoms with Crippen molar-refractivity contribution in [3.8, 4) is 0 Å². The van der Waals surface area contributed by atoms with E-state index >= 15 is 0 Å². The second-order valence-electron chi connectivity index (χ2n) is 4.45. The lowest BCUT2D eigenvalue weighted by molar-refractivity contribution is -0.158. The van der Waals surface area contributed by atoms with Gasteiger partial charge in [0.05, 0.1) is 0 Å². The van der Waals surface area contributed by atoms with E-state index in [9.17, 15) is 21.6 Å². The van der Waals surface area contributed by atoms with Crippen LogP contribution in [-0.4, -0.2) is 46.7 Å². The van der Waals surface area contributed by atoms with Gasteiger partial charge in [0, 0.05) is 0 Å². The van der Waals surface area contributed by atoms with E-state index in [1.807, 2.05) is 0 Å². The standard InChI is InChI=1S/C9H14O8S2/c10-9(16-7-3-1-2-4-7)8-5-15-18(11,12)6-19(13,14)17-8/h7-8H,1-6H2. The first-order valence-corrected chi connectivity index (χ1v) is 8.91. The molecule has 2 fully saturated rings. The van der Waals surface area contributed by atoms with Crippen molar-refractivity contribution in [3.63, 3.8) is 0 Å². The molecule has 0 aromatic heterocycles. The fraction of sp³-hybridized carbons (Fsp3) is 0.889. The Labute approximate surface area is 111 Å². The third-order valence-electron chi connectivity index (χ3n) is 2.80. The number of carbonyl (C=O) groups excluding carboxylic acids is 1. The third kappa shape index (κ3) is 4.13. The molecule has 0 bridgehead atoms. The van der Waals surface area contributed by atoms with E-state index in [1.54, 1.807) is 0 Å². The van der Waals surface area contributed by atoms with Crippen molar-refractivity contribution in [3.05, 3.63) is 0 Å². The maximum Gasteiger partial charge on any atom is 0.339 e. The van der Waals surface area contributed by atoms with E-state index in [2.05, 4.69) is 8.37 Å². The highest BCUT2D eigenvalue weighted by Crippen LogP contribution is 2.22. The molecule has 0 radical (unpaired) electrons. The molecule has 10 heteroatoms. The van der Waals surface area contributed by atoms with Gasteiger partial charge in [0.25, 0.3) is 20.2 Å². The zero-order valence-electron chi connectivity index (χ0n) is 9.98. The Hall–Kier alpha value is -0.710. The largest absolute Gasteiger partial charge is 0.460 e. The second-order valence-corrected chi connectivity index (χ2v) is 8.05. The molecule has 8 nitrogen and oxygen atoms in total. The first-order chi connectivity index (χ1) is 8.77. The van der Waals surface area contributed by atoms with Gasteiger partial charge in [0.1, 0.15) is 12.7 Å². The molecule has 1 heterocycles. The van der Waals surface area contributed by atoms with Gasteiger partial charge in [-0.1, -0.05) is 0 Å². The van der Waals surface area contributed by atoms with Crippen molar-refractivity contribution in [2.45, 2.75) is 37.9 Å². The maximum absolute atomic E-state index is 11.7. The highest BCUT2D eigenvalue weighted by atomic mass is 32.3. The van der Waals surface area contributed by atoms with Crippen LogP contribution in [0.1, 0.15) is 25.7 Å². The van der Waals surface area contributed by atoms with Gasteiger partial charge in [-0.2, -0.15) is 16.8 Å². The smallest absolute Gasteiger partial charge is 0.339 e. The molecule has 1 atom stereocenters. The number of hydrogen-bond acceptors (Lipinski definition) is 8. The van der Waals surface area contributed by atoms with Crippen LogP contribution in [0, 0.1) is 0 Å². The van der Waals surface area contributed by atoms with Crippen molar-refractivity contribution in [2.75, 3.05) is 11.7 Å². The minimum absolute atomic E-state index is 0.265. The second kappa shape index (κ2) is 5.35. The maximum atomic E-state index is 11.7. The zero-order valence-corrected chi connectivity index (χ0v) is 11.6. The third-order valence-corrected chi connectivity index (χ3v) is 6.13. The Morgan fingerprint density at radius 3 is 2.32 bits per heavy atom. The van der Waals surface area contributed by atoms with Crippen LogP contribution in [0.5, 0.6) is 0 Å². The fourth-order valence-corrected chi connectivity index (χ4v) is 4.69. The van der Waals surface area contributed by atoms with Crippen LogP contribution in [-0.2, 0) is 38.1 Å².